The van der Waals surface area contributed by atoms with Gasteiger partial charge in [-0.1, -0.05) is 0 Å². The molecule has 5 nitrogen and oxygen atoms in total. The summed E-state index contributed by atoms with van der Waals surface area (Å²) in [6.45, 7) is 0. The Bertz CT molecular complexity index is 544. The highest BCUT2D eigenvalue weighted by atomic mass is 16.5. The lowest BCUT2D eigenvalue weighted by atomic mass is 10.3. The summed E-state index contributed by atoms with van der Waals surface area (Å²) in [7, 11) is 3.13. The van der Waals surface area contributed by atoms with E-state index in [9.17, 15) is 0 Å². The monoisotopic (exact) mass is 246 g/mol. The molecule has 0 aliphatic carbocycles. The normalized spacial score (nSPS) is 9.89. The molecule has 0 unspecified atom stereocenters. The molecule has 0 aliphatic heterocycles. The van der Waals surface area contributed by atoms with Crippen molar-refractivity contribution in [2.75, 3.05) is 20.0 Å². The van der Waals surface area contributed by atoms with Crippen LogP contribution in [0, 0.1) is 0 Å². The molecule has 0 fully saturated rings. The van der Waals surface area contributed by atoms with Gasteiger partial charge in [0.15, 0.2) is 5.75 Å². The van der Waals surface area contributed by atoms with Crippen molar-refractivity contribution in [3.63, 3.8) is 0 Å². The molecule has 1 aromatic carbocycles. The highest BCUT2D eigenvalue weighted by molar-refractivity contribution is 5.56. The first kappa shape index (κ1) is 12.0. The van der Waals surface area contributed by atoms with E-state index in [1.165, 1.54) is 0 Å². The second-order valence-corrected chi connectivity index (χ2v) is 3.52. The van der Waals surface area contributed by atoms with Crippen LogP contribution < -0.4 is 19.9 Å². The molecular weight excluding hydrogens is 232 g/mol. The SMILES string of the molecule is COc1ccc(Oc2ncccc2OC)cc1N. The molecule has 0 radical (unpaired) electrons. The summed E-state index contributed by atoms with van der Waals surface area (Å²) in [6.07, 6.45) is 1.63. The Kier molecular flexibility index (Phi) is 3.52. The molecule has 0 saturated carbocycles. The summed E-state index contributed by atoms with van der Waals surface area (Å²) in [4.78, 5) is 4.10. The van der Waals surface area contributed by atoms with Crippen molar-refractivity contribution in [2.45, 2.75) is 0 Å². The van der Waals surface area contributed by atoms with Crippen molar-refractivity contribution in [3.8, 4) is 23.1 Å². The van der Waals surface area contributed by atoms with Crippen molar-refractivity contribution in [1.82, 2.24) is 4.98 Å². The maximum atomic E-state index is 5.80. The Morgan fingerprint density at radius 1 is 1.06 bits per heavy atom. The number of nitrogen functional groups attached to an aromatic ring is 1. The van der Waals surface area contributed by atoms with E-state index < -0.39 is 0 Å². The van der Waals surface area contributed by atoms with E-state index in [2.05, 4.69) is 4.98 Å². The van der Waals surface area contributed by atoms with Gasteiger partial charge in [0.25, 0.3) is 5.88 Å². The summed E-state index contributed by atoms with van der Waals surface area (Å²) in [5.41, 5.74) is 6.30. The molecule has 1 heterocycles. The van der Waals surface area contributed by atoms with Crippen LogP contribution in [0.5, 0.6) is 23.1 Å². The smallest absolute Gasteiger partial charge is 0.262 e. The average Bonchev–Trinajstić information content (AvgIpc) is 2.39. The molecule has 0 bridgehead atoms. The predicted molar refractivity (Wildman–Crippen MR) is 68.3 cm³/mol. The van der Waals surface area contributed by atoms with Crippen molar-refractivity contribution in [1.29, 1.82) is 0 Å². The maximum absolute atomic E-state index is 5.80. The van der Waals surface area contributed by atoms with E-state index in [1.54, 1.807) is 50.7 Å². The zero-order valence-electron chi connectivity index (χ0n) is 10.2. The fraction of sp³-hybridized carbons (Fsp3) is 0.154. The lowest BCUT2D eigenvalue weighted by molar-refractivity contribution is 0.369. The molecule has 0 aliphatic rings. The second kappa shape index (κ2) is 5.27. The highest BCUT2D eigenvalue weighted by Crippen LogP contribution is 2.32. The van der Waals surface area contributed by atoms with E-state index in [0.717, 1.165) is 0 Å². The van der Waals surface area contributed by atoms with Crippen LogP contribution in [0.1, 0.15) is 0 Å². The number of nitrogens with two attached hydrogens (primary N) is 1. The average molecular weight is 246 g/mol. The quantitative estimate of drug-likeness (QED) is 0.839. The third kappa shape index (κ3) is 2.45. The van der Waals surface area contributed by atoms with Gasteiger partial charge >= 0.3 is 0 Å². The molecule has 0 amide bonds. The first-order valence-corrected chi connectivity index (χ1v) is 5.35. The summed E-state index contributed by atoms with van der Waals surface area (Å²) in [6, 6.07) is 8.71. The minimum atomic E-state index is 0.393. The number of benzene rings is 1. The number of hydrogen-bond donors (Lipinski definition) is 1. The lowest BCUT2D eigenvalue weighted by Gasteiger charge is -2.10. The molecule has 0 spiro atoms. The van der Waals surface area contributed by atoms with Crippen molar-refractivity contribution >= 4 is 5.69 Å². The molecule has 18 heavy (non-hydrogen) atoms. The van der Waals surface area contributed by atoms with Gasteiger partial charge in [-0.3, -0.25) is 0 Å². The number of ether oxygens (including phenoxy) is 3. The van der Waals surface area contributed by atoms with Crippen molar-refractivity contribution in [2.24, 2.45) is 0 Å². The fourth-order valence-corrected chi connectivity index (χ4v) is 1.50. The van der Waals surface area contributed by atoms with Crippen molar-refractivity contribution < 1.29 is 14.2 Å². The van der Waals surface area contributed by atoms with E-state index in [0.29, 0.717) is 28.8 Å². The van der Waals surface area contributed by atoms with Crippen LogP contribution in [-0.4, -0.2) is 19.2 Å². The van der Waals surface area contributed by atoms with Gasteiger partial charge in [-0.25, -0.2) is 4.98 Å². The van der Waals surface area contributed by atoms with Crippen LogP contribution in [0.2, 0.25) is 0 Å². The van der Waals surface area contributed by atoms with Gasteiger partial charge in [0.1, 0.15) is 11.5 Å². The Balaban J connectivity index is 2.26. The van der Waals surface area contributed by atoms with Crippen LogP contribution in [0.4, 0.5) is 5.69 Å². The Morgan fingerprint density at radius 3 is 2.50 bits per heavy atom. The van der Waals surface area contributed by atoms with E-state index in [4.69, 9.17) is 19.9 Å². The summed E-state index contributed by atoms with van der Waals surface area (Å²) in [5.74, 6) is 2.14. The summed E-state index contributed by atoms with van der Waals surface area (Å²) >= 11 is 0. The van der Waals surface area contributed by atoms with Crippen molar-refractivity contribution in [3.05, 3.63) is 36.5 Å². The molecular formula is C13H14N2O3. The number of methoxy groups -OCH3 is 2. The number of hydrogen-bond acceptors (Lipinski definition) is 5. The third-order valence-corrected chi connectivity index (χ3v) is 2.37. The highest BCUT2D eigenvalue weighted by Gasteiger charge is 2.07. The second-order valence-electron chi connectivity index (χ2n) is 3.52. The van der Waals surface area contributed by atoms with Gasteiger partial charge in [-0.15, -0.1) is 0 Å². The number of anilines is 1. The van der Waals surface area contributed by atoms with Crippen LogP contribution in [0.25, 0.3) is 0 Å². The minimum absolute atomic E-state index is 0.393. The Morgan fingerprint density at radius 2 is 1.83 bits per heavy atom. The molecule has 2 N–H and O–H groups in total. The molecule has 94 valence electrons. The number of pyridine rings is 1. The van der Waals surface area contributed by atoms with E-state index in [1.807, 2.05) is 0 Å². The lowest BCUT2D eigenvalue weighted by Crippen LogP contribution is -1.95. The van der Waals surface area contributed by atoms with Gasteiger partial charge in [0.05, 0.1) is 19.9 Å². The zero-order valence-corrected chi connectivity index (χ0v) is 10.2. The first-order valence-electron chi connectivity index (χ1n) is 5.35. The minimum Gasteiger partial charge on any atom is -0.495 e. The van der Waals surface area contributed by atoms with Crippen LogP contribution in [0.3, 0.4) is 0 Å². The molecule has 5 heteroatoms. The van der Waals surface area contributed by atoms with Gasteiger partial charge in [0.2, 0.25) is 0 Å². The van der Waals surface area contributed by atoms with Crippen LogP contribution in [0.15, 0.2) is 36.5 Å². The van der Waals surface area contributed by atoms with Gasteiger partial charge in [-0.2, -0.15) is 0 Å². The topological polar surface area (TPSA) is 66.6 Å². The first-order chi connectivity index (χ1) is 8.74. The fourth-order valence-electron chi connectivity index (χ4n) is 1.50. The third-order valence-electron chi connectivity index (χ3n) is 2.37. The van der Waals surface area contributed by atoms with E-state index in [-0.39, 0.29) is 0 Å². The maximum Gasteiger partial charge on any atom is 0.262 e. The summed E-state index contributed by atoms with van der Waals surface area (Å²) in [5, 5.41) is 0. The molecule has 0 atom stereocenters. The van der Waals surface area contributed by atoms with Gasteiger partial charge in [-0.05, 0) is 24.3 Å². The van der Waals surface area contributed by atoms with Crippen LogP contribution >= 0.6 is 0 Å². The number of rotatable bonds is 4. The molecule has 1 aromatic heterocycles. The molecule has 2 aromatic rings. The van der Waals surface area contributed by atoms with Crippen LogP contribution in [-0.2, 0) is 0 Å². The zero-order chi connectivity index (χ0) is 13.0. The Hall–Kier alpha value is -2.43. The standard InChI is InChI=1S/C13H14N2O3/c1-16-11-6-5-9(8-10(11)14)18-13-12(17-2)4-3-7-15-13/h3-8H,14H2,1-2H3. The predicted octanol–water partition coefficient (Wildman–Crippen LogP) is 2.47. The van der Waals surface area contributed by atoms with Gasteiger partial charge in [0, 0.05) is 12.3 Å². The number of aromatic nitrogens is 1. The largest absolute Gasteiger partial charge is 0.495 e. The van der Waals surface area contributed by atoms with Gasteiger partial charge < -0.3 is 19.9 Å². The molecule has 2 rings (SSSR count). The van der Waals surface area contributed by atoms with E-state index >= 15 is 0 Å². The summed E-state index contributed by atoms with van der Waals surface area (Å²) < 4.78 is 15.8. The number of nitrogens with zero attached hydrogens (tertiary/aromatic N) is 1. The molecule has 0 saturated heterocycles. The Labute approximate surface area is 105 Å².